The quantitative estimate of drug-likeness (QED) is 0.460. The highest BCUT2D eigenvalue weighted by molar-refractivity contribution is 7.98. The molecule has 0 radical (unpaired) electrons. The lowest BCUT2D eigenvalue weighted by atomic mass is 10.1. The van der Waals surface area contributed by atoms with Crippen molar-refractivity contribution < 1.29 is 17.6 Å². The van der Waals surface area contributed by atoms with Crippen LogP contribution < -0.4 is 10.0 Å². The van der Waals surface area contributed by atoms with E-state index in [2.05, 4.69) is 15.0 Å². The van der Waals surface area contributed by atoms with Crippen LogP contribution in [0.25, 0.3) is 0 Å². The van der Waals surface area contributed by atoms with Gasteiger partial charge in [-0.2, -0.15) is 16.5 Å². The third kappa shape index (κ3) is 6.86. The van der Waals surface area contributed by atoms with Crippen molar-refractivity contribution in [1.29, 1.82) is 0 Å². The van der Waals surface area contributed by atoms with Gasteiger partial charge >= 0.3 is 0 Å². The first kappa shape index (κ1) is 23.4. The molecule has 6 nitrogen and oxygen atoms in total. The van der Waals surface area contributed by atoms with Crippen LogP contribution in [-0.2, 0) is 21.2 Å². The third-order valence-corrected chi connectivity index (χ3v) is 7.37. The lowest BCUT2D eigenvalue weighted by Gasteiger charge is -2.17. The summed E-state index contributed by atoms with van der Waals surface area (Å²) in [5, 5.41) is 3.07. The van der Waals surface area contributed by atoms with E-state index in [9.17, 15) is 17.6 Å². The average molecular weight is 480 g/mol. The molecule has 1 heterocycles. The Morgan fingerprint density at radius 2 is 1.97 bits per heavy atom. The first-order chi connectivity index (χ1) is 14.9. The molecule has 0 saturated carbocycles. The molecule has 1 aromatic heterocycles. The van der Waals surface area contributed by atoms with E-state index in [1.807, 2.05) is 12.3 Å². The number of benzene rings is 2. The minimum atomic E-state index is -3.84. The van der Waals surface area contributed by atoms with Gasteiger partial charge in [-0.05, 0) is 48.3 Å². The zero-order valence-corrected chi connectivity index (χ0v) is 19.2. The maximum absolute atomic E-state index is 13.4. The van der Waals surface area contributed by atoms with Gasteiger partial charge in [-0.15, -0.1) is 11.3 Å². The van der Waals surface area contributed by atoms with E-state index in [1.165, 1.54) is 47.4 Å². The van der Waals surface area contributed by atoms with E-state index in [-0.39, 0.29) is 10.7 Å². The van der Waals surface area contributed by atoms with Crippen LogP contribution >= 0.6 is 23.1 Å². The van der Waals surface area contributed by atoms with Crippen LogP contribution in [-0.4, -0.2) is 37.4 Å². The number of carbonyl (C=O) groups excluding carboxylic acids is 1. The van der Waals surface area contributed by atoms with Gasteiger partial charge in [-0.25, -0.2) is 17.8 Å². The number of halogens is 1. The fourth-order valence-electron chi connectivity index (χ4n) is 2.82. The highest BCUT2D eigenvalue weighted by Crippen LogP contribution is 2.22. The summed E-state index contributed by atoms with van der Waals surface area (Å²) in [4.78, 5) is 18.0. The van der Waals surface area contributed by atoms with Gasteiger partial charge in [0.1, 0.15) is 11.9 Å². The van der Waals surface area contributed by atoms with Gasteiger partial charge in [-0.1, -0.05) is 30.3 Å². The van der Waals surface area contributed by atoms with Crippen LogP contribution in [0.2, 0.25) is 0 Å². The molecular weight excluding hydrogens is 457 g/mol. The standard InChI is InChI=1S/C21H22FN3O3S3/c1-29-11-10-19(25-31(27,28)18-8-3-2-4-9-18)20(26)24-21-23-14-17(30-21)13-15-6-5-7-16(22)12-15/h2-9,12,14,19,25H,10-11,13H2,1H3,(H,23,24,26). The van der Waals surface area contributed by atoms with Crippen molar-refractivity contribution >= 4 is 44.2 Å². The molecule has 1 amide bonds. The average Bonchev–Trinajstić information content (AvgIpc) is 3.18. The summed E-state index contributed by atoms with van der Waals surface area (Å²) in [5.41, 5.74) is 0.801. The van der Waals surface area contributed by atoms with Crippen LogP contribution in [0.3, 0.4) is 0 Å². The molecule has 0 bridgehead atoms. The Bertz CT molecular complexity index is 1120. The minimum Gasteiger partial charge on any atom is -0.301 e. The van der Waals surface area contributed by atoms with Crippen molar-refractivity contribution in [2.75, 3.05) is 17.3 Å². The van der Waals surface area contributed by atoms with Gasteiger partial charge < -0.3 is 5.32 Å². The Morgan fingerprint density at radius 3 is 2.68 bits per heavy atom. The molecule has 1 unspecified atom stereocenters. The second-order valence-electron chi connectivity index (χ2n) is 6.70. The van der Waals surface area contributed by atoms with E-state index < -0.39 is 22.0 Å². The number of rotatable bonds is 10. The van der Waals surface area contributed by atoms with Crippen LogP contribution in [0.15, 0.2) is 65.7 Å². The highest BCUT2D eigenvalue weighted by atomic mass is 32.2. The largest absolute Gasteiger partial charge is 0.301 e. The number of amides is 1. The van der Waals surface area contributed by atoms with Gasteiger partial charge in [0.25, 0.3) is 0 Å². The number of sulfonamides is 1. The lowest BCUT2D eigenvalue weighted by molar-refractivity contribution is -0.117. The predicted octanol–water partition coefficient (Wildman–Crippen LogP) is 3.91. The molecule has 0 saturated heterocycles. The normalized spacial score (nSPS) is 12.5. The third-order valence-electron chi connectivity index (χ3n) is 4.33. The Kier molecular flexibility index (Phi) is 8.19. The molecule has 164 valence electrons. The second kappa shape index (κ2) is 10.9. The number of nitrogens with zero attached hydrogens (tertiary/aromatic N) is 1. The maximum Gasteiger partial charge on any atom is 0.244 e. The number of thioether (sulfide) groups is 1. The molecular formula is C21H22FN3O3S3. The number of hydrogen-bond acceptors (Lipinski definition) is 6. The summed E-state index contributed by atoms with van der Waals surface area (Å²) in [5.74, 6) is -0.170. The minimum absolute atomic E-state index is 0.101. The molecule has 2 N–H and O–H groups in total. The summed E-state index contributed by atoms with van der Waals surface area (Å²) >= 11 is 2.79. The zero-order chi connectivity index (χ0) is 22.3. The van der Waals surface area contributed by atoms with Gasteiger partial charge in [0, 0.05) is 17.5 Å². The van der Waals surface area contributed by atoms with E-state index in [0.29, 0.717) is 23.7 Å². The molecule has 0 aliphatic carbocycles. The number of carbonyl (C=O) groups is 1. The molecule has 10 heteroatoms. The van der Waals surface area contributed by atoms with E-state index >= 15 is 0 Å². The van der Waals surface area contributed by atoms with Crippen molar-refractivity contribution in [3.05, 3.63) is 77.1 Å². The van der Waals surface area contributed by atoms with Crippen molar-refractivity contribution in [3.63, 3.8) is 0 Å². The molecule has 31 heavy (non-hydrogen) atoms. The number of hydrogen-bond donors (Lipinski definition) is 2. The fraction of sp³-hybridized carbons (Fsp3) is 0.238. The number of nitrogens with one attached hydrogen (secondary N) is 2. The number of thiazole rings is 1. The number of aromatic nitrogens is 1. The predicted molar refractivity (Wildman–Crippen MR) is 124 cm³/mol. The van der Waals surface area contributed by atoms with E-state index in [4.69, 9.17) is 0 Å². The monoisotopic (exact) mass is 479 g/mol. The molecule has 2 aromatic carbocycles. The van der Waals surface area contributed by atoms with Crippen molar-refractivity contribution in [2.24, 2.45) is 0 Å². The Morgan fingerprint density at radius 1 is 1.19 bits per heavy atom. The Hall–Kier alpha value is -2.27. The summed E-state index contributed by atoms with van der Waals surface area (Å²) in [7, 11) is -3.84. The first-order valence-electron chi connectivity index (χ1n) is 9.44. The van der Waals surface area contributed by atoms with Crippen LogP contribution in [0, 0.1) is 5.82 Å². The van der Waals surface area contributed by atoms with Crippen LogP contribution in [0.5, 0.6) is 0 Å². The summed E-state index contributed by atoms with van der Waals surface area (Å²) in [6.45, 7) is 0. The van der Waals surface area contributed by atoms with Crippen LogP contribution in [0.1, 0.15) is 16.9 Å². The summed E-state index contributed by atoms with van der Waals surface area (Å²) in [6.07, 6.45) is 4.33. The smallest absolute Gasteiger partial charge is 0.244 e. The second-order valence-corrected chi connectivity index (χ2v) is 10.5. The summed E-state index contributed by atoms with van der Waals surface area (Å²) in [6, 6.07) is 13.3. The zero-order valence-electron chi connectivity index (χ0n) is 16.7. The molecule has 0 spiro atoms. The van der Waals surface area contributed by atoms with Gasteiger partial charge in [0.2, 0.25) is 15.9 Å². The molecule has 1 atom stereocenters. The molecule has 3 aromatic rings. The van der Waals surface area contributed by atoms with Gasteiger partial charge in [0.05, 0.1) is 4.90 Å². The highest BCUT2D eigenvalue weighted by Gasteiger charge is 2.26. The SMILES string of the molecule is CSCCC(NS(=O)(=O)c1ccccc1)C(=O)Nc1ncc(Cc2cccc(F)c2)s1. The Labute approximate surface area is 189 Å². The lowest BCUT2D eigenvalue weighted by Crippen LogP contribution is -2.44. The van der Waals surface area contributed by atoms with Crippen molar-refractivity contribution in [3.8, 4) is 0 Å². The van der Waals surface area contributed by atoms with Gasteiger partial charge in [0.15, 0.2) is 5.13 Å². The van der Waals surface area contributed by atoms with Crippen molar-refractivity contribution in [1.82, 2.24) is 9.71 Å². The van der Waals surface area contributed by atoms with E-state index in [0.717, 1.165) is 10.4 Å². The molecule has 3 rings (SSSR count). The van der Waals surface area contributed by atoms with Gasteiger partial charge in [-0.3, -0.25) is 4.79 Å². The summed E-state index contributed by atoms with van der Waals surface area (Å²) < 4.78 is 41.2. The molecule has 0 fully saturated rings. The van der Waals surface area contributed by atoms with Crippen LogP contribution in [0.4, 0.5) is 9.52 Å². The molecule has 0 aliphatic heterocycles. The first-order valence-corrected chi connectivity index (χ1v) is 13.1. The fourth-order valence-corrected chi connectivity index (χ4v) is 5.39. The maximum atomic E-state index is 13.4. The molecule has 0 aliphatic rings. The Balaban J connectivity index is 1.69. The van der Waals surface area contributed by atoms with E-state index in [1.54, 1.807) is 30.5 Å². The topological polar surface area (TPSA) is 88.2 Å². The van der Waals surface area contributed by atoms with Crippen molar-refractivity contribution in [2.45, 2.75) is 23.8 Å². The number of anilines is 1.